The van der Waals surface area contributed by atoms with Crippen LogP contribution in [0.5, 0.6) is 0 Å². The molecule has 1 heterocycles. The van der Waals surface area contributed by atoms with E-state index < -0.39 is 0 Å². The van der Waals surface area contributed by atoms with Crippen LogP contribution in [0.15, 0.2) is 12.4 Å². The standard InChI is InChI=1S/C12H18N4O2/c1-3-5-13-11(17)9-7-10(16-8-15-9)12(18)14-6-4-2/h7-8H,3-6H2,1-2H3,(H,13,17)(H,14,18). The molecule has 0 saturated heterocycles. The zero-order valence-corrected chi connectivity index (χ0v) is 10.7. The lowest BCUT2D eigenvalue weighted by Gasteiger charge is -2.05. The van der Waals surface area contributed by atoms with Crippen LogP contribution in [-0.4, -0.2) is 34.9 Å². The summed E-state index contributed by atoms with van der Waals surface area (Å²) in [6, 6.07) is 1.40. The minimum absolute atomic E-state index is 0.208. The number of hydrogen-bond acceptors (Lipinski definition) is 4. The number of carbonyl (C=O) groups excluding carboxylic acids is 2. The Labute approximate surface area is 106 Å². The van der Waals surface area contributed by atoms with Gasteiger partial charge >= 0.3 is 0 Å². The summed E-state index contributed by atoms with van der Waals surface area (Å²) in [4.78, 5) is 31.0. The molecule has 2 N–H and O–H groups in total. The largest absolute Gasteiger partial charge is 0.351 e. The smallest absolute Gasteiger partial charge is 0.270 e. The fourth-order valence-corrected chi connectivity index (χ4v) is 1.26. The van der Waals surface area contributed by atoms with Crippen molar-refractivity contribution in [3.63, 3.8) is 0 Å². The van der Waals surface area contributed by atoms with Gasteiger partial charge in [-0.1, -0.05) is 13.8 Å². The summed E-state index contributed by atoms with van der Waals surface area (Å²) in [6.07, 6.45) is 2.92. The Kier molecular flexibility index (Phi) is 5.76. The number of aromatic nitrogens is 2. The van der Waals surface area contributed by atoms with Crippen LogP contribution >= 0.6 is 0 Å². The second kappa shape index (κ2) is 7.37. The molecule has 0 atom stereocenters. The van der Waals surface area contributed by atoms with Gasteiger partial charge in [-0.15, -0.1) is 0 Å². The van der Waals surface area contributed by atoms with E-state index in [0.717, 1.165) is 12.8 Å². The predicted octanol–water partition coefficient (Wildman–Crippen LogP) is 0.756. The minimum Gasteiger partial charge on any atom is -0.351 e. The third-order valence-electron chi connectivity index (χ3n) is 2.20. The first-order chi connectivity index (χ1) is 8.69. The fourth-order valence-electron chi connectivity index (χ4n) is 1.26. The van der Waals surface area contributed by atoms with E-state index in [9.17, 15) is 9.59 Å². The van der Waals surface area contributed by atoms with Crippen LogP contribution in [0.2, 0.25) is 0 Å². The highest BCUT2D eigenvalue weighted by Crippen LogP contribution is 1.98. The van der Waals surface area contributed by atoms with Crippen LogP contribution in [0.25, 0.3) is 0 Å². The van der Waals surface area contributed by atoms with Gasteiger partial charge in [0.25, 0.3) is 11.8 Å². The number of nitrogens with zero attached hydrogens (tertiary/aromatic N) is 2. The maximum atomic E-state index is 11.7. The van der Waals surface area contributed by atoms with E-state index in [4.69, 9.17) is 0 Å². The molecule has 0 saturated carbocycles. The average molecular weight is 250 g/mol. The maximum absolute atomic E-state index is 11.7. The topological polar surface area (TPSA) is 84.0 Å². The highest BCUT2D eigenvalue weighted by Gasteiger charge is 2.12. The second-order valence-electron chi connectivity index (χ2n) is 3.80. The molecule has 0 radical (unpaired) electrons. The van der Waals surface area contributed by atoms with Crippen LogP contribution in [0.4, 0.5) is 0 Å². The quantitative estimate of drug-likeness (QED) is 0.780. The second-order valence-corrected chi connectivity index (χ2v) is 3.80. The normalized spacial score (nSPS) is 9.89. The van der Waals surface area contributed by atoms with Gasteiger partial charge in [0.05, 0.1) is 0 Å². The van der Waals surface area contributed by atoms with Crippen LogP contribution in [0.1, 0.15) is 47.7 Å². The van der Waals surface area contributed by atoms with Gasteiger partial charge in [0.15, 0.2) is 0 Å². The van der Waals surface area contributed by atoms with Gasteiger partial charge in [-0.2, -0.15) is 0 Å². The van der Waals surface area contributed by atoms with Crippen molar-refractivity contribution in [1.29, 1.82) is 0 Å². The summed E-state index contributed by atoms with van der Waals surface area (Å²) in [7, 11) is 0. The van der Waals surface area contributed by atoms with E-state index >= 15 is 0 Å². The lowest BCUT2D eigenvalue weighted by atomic mass is 10.3. The number of amides is 2. The molecule has 0 unspecified atom stereocenters. The molecule has 0 aliphatic carbocycles. The first-order valence-corrected chi connectivity index (χ1v) is 6.07. The Morgan fingerprint density at radius 2 is 1.44 bits per heavy atom. The number of hydrogen-bond donors (Lipinski definition) is 2. The first-order valence-electron chi connectivity index (χ1n) is 6.07. The van der Waals surface area contributed by atoms with Crippen molar-refractivity contribution in [3.05, 3.63) is 23.8 Å². The zero-order valence-electron chi connectivity index (χ0n) is 10.7. The zero-order chi connectivity index (χ0) is 13.4. The highest BCUT2D eigenvalue weighted by atomic mass is 16.2. The average Bonchev–Trinajstić information content (AvgIpc) is 2.42. The van der Waals surface area contributed by atoms with Crippen LogP contribution in [-0.2, 0) is 0 Å². The molecule has 98 valence electrons. The van der Waals surface area contributed by atoms with Crippen molar-refractivity contribution < 1.29 is 9.59 Å². The molecular weight excluding hydrogens is 232 g/mol. The van der Waals surface area contributed by atoms with Crippen molar-refractivity contribution in [2.75, 3.05) is 13.1 Å². The molecule has 0 aromatic carbocycles. The van der Waals surface area contributed by atoms with Crippen molar-refractivity contribution in [2.24, 2.45) is 0 Å². The number of carbonyl (C=O) groups is 2. The van der Waals surface area contributed by atoms with Crippen LogP contribution in [0, 0.1) is 0 Å². The monoisotopic (exact) mass is 250 g/mol. The molecule has 0 bridgehead atoms. The van der Waals surface area contributed by atoms with E-state index in [-0.39, 0.29) is 23.2 Å². The number of rotatable bonds is 6. The predicted molar refractivity (Wildman–Crippen MR) is 67.3 cm³/mol. The van der Waals surface area contributed by atoms with E-state index in [2.05, 4.69) is 20.6 Å². The summed E-state index contributed by atoms with van der Waals surface area (Å²) in [5.74, 6) is -0.576. The van der Waals surface area contributed by atoms with E-state index in [1.165, 1.54) is 12.4 Å². The van der Waals surface area contributed by atoms with Gasteiger partial charge in [0, 0.05) is 19.2 Å². The Bertz CT molecular complexity index is 385. The molecule has 0 aliphatic heterocycles. The molecule has 0 aliphatic rings. The van der Waals surface area contributed by atoms with Crippen molar-refractivity contribution in [3.8, 4) is 0 Å². The van der Waals surface area contributed by atoms with Gasteiger partial charge in [0.2, 0.25) is 0 Å². The van der Waals surface area contributed by atoms with Gasteiger partial charge in [-0.3, -0.25) is 9.59 Å². The minimum atomic E-state index is -0.288. The van der Waals surface area contributed by atoms with E-state index in [1.807, 2.05) is 13.8 Å². The Hall–Kier alpha value is -1.98. The van der Waals surface area contributed by atoms with Crippen LogP contribution in [0.3, 0.4) is 0 Å². The Morgan fingerprint density at radius 3 is 1.83 bits per heavy atom. The molecule has 1 aromatic heterocycles. The summed E-state index contributed by atoms with van der Waals surface area (Å²) in [5, 5.41) is 5.39. The summed E-state index contributed by atoms with van der Waals surface area (Å²) in [6.45, 7) is 5.09. The van der Waals surface area contributed by atoms with Crippen molar-refractivity contribution in [2.45, 2.75) is 26.7 Å². The first kappa shape index (κ1) is 14.1. The molecule has 1 aromatic rings. The SMILES string of the molecule is CCCNC(=O)c1cc(C(=O)NCCC)ncn1. The Morgan fingerprint density at radius 1 is 1.00 bits per heavy atom. The molecule has 6 heteroatoms. The fraction of sp³-hybridized carbons (Fsp3) is 0.500. The molecule has 1 rings (SSSR count). The summed E-state index contributed by atoms with van der Waals surface area (Å²) in [5.41, 5.74) is 0.417. The summed E-state index contributed by atoms with van der Waals surface area (Å²) >= 11 is 0. The third kappa shape index (κ3) is 4.12. The number of nitrogens with one attached hydrogen (secondary N) is 2. The maximum Gasteiger partial charge on any atom is 0.270 e. The van der Waals surface area contributed by atoms with Crippen molar-refractivity contribution >= 4 is 11.8 Å². The van der Waals surface area contributed by atoms with Crippen LogP contribution < -0.4 is 10.6 Å². The lowest BCUT2D eigenvalue weighted by molar-refractivity contribution is 0.0947. The van der Waals surface area contributed by atoms with Gasteiger partial charge in [-0.05, 0) is 12.8 Å². The molecule has 2 amide bonds. The summed E-state index contributed by atoms with van der Waals surface area (Å²) < 4.78 is 0. The van der Waals surface area contributed by atoms with Gasteiger partial charge in [0.1, 0.15) is 17.7 Å². The van der Waals surface area contributed by atoms with Gasteiger partial charge in [-0.25, -0.2) is 9.97 Å². The third-order valence-corrected chi connectivity index (χ3v) is 2.20. The van der Waals surface area contributed by atoms with Gasteiger partial charge < -0.3 is 10.6 Å². The lowest BCUT2D eigenvalue weighted by Crippen LogP contribution is -2.28. The Balaban J connectivity index is 2.72. The highest BCUT2D eigenvalue weighted by molar-refractivity contribution is 5.97. The molecule has 18 heavy (non-hydrogen) atoms. The van der Waals surface area contributed by atoms with E-state index in [1.54, 1.807) is 0 Å². The van der Waals surface area contributed by atoms with Crippen molar-refractivity contribution in [1.82, 2.24) is 20.6 Å². The molecular formula is C12H18N4O2. The molecule has 0 spiro atoms. The van der Waals surface area contributed by atoms with E-state index in [0.29, 0.717) is 13.1 Å². The molecule has 6 nitrogen and oxygen atoms in total. The molecule has 0 fully saturated rings.